The first kappa shape index (κ1) is 70.2. The number of aromatic nitrogens is 9. The Morgan fingerprint density at radius 1 is 0.495 bits per heavy atom. The molecule has 16 rings (SSSR count). The van der Waals surface area contributed by atoms with Crippen molar-refractivity contribution >= 4 is 127 Å². The molecule has 9 N–H and O–H groups in total. The maximum atomic E-state index is 13.0. The van der Waals surface area contributed by atoms with Crippen LogP contribution in [0, 0.1) is 0 Å². The summed E-state index contributed by atoms with van der Waals surface area (Å²) in [6.07, 6.45) is 32.3. The van der Waals surface area contributed by atoms with Gasteiger partial charge in [0.15, 0.2) is 0 Å². The van der Waals surface area contributed by atoms with E-state index in [-0.39, 0.29) is 30.2 Å². The number of amides is 4. The van der Waals surface area contributed by atoms with E-state index in [9.17, 15) is 24.3 Å². The SMILES string of the molecule is COc1c(C(=O)NC2CC2)ccc2n[nH]c(/C=C/c3ccoc3)c12.COc1c(C(=O)NC2CC2)ccc2n[nH]c(/C=C/c3nccs3)c12.COc1c(C(=O)NCc2ccco2)ccc2n[nH]c(/C=C/c3ccoc3)c12.COc1c(C(=O)N[C@H](CO)c2ccccc2)ccc2n[nH]c(/C=C/c3ccoc3)c12. The molecule has 4 amide bonds. The fraction of sp³-hybridized carbons (Fsp3) is 0.167. The second kappa shape index (κ2) is 33.0. The van der Waals surface area contributed by atoms with E-state index in [1.165, 1.54) is 14.2 Å². The van der Waals surface area contributed by atoms with Gasteiger partial charge in [-0.2, -0.15) is 20.4 Å². The van der Waals surface area contributed by atoms with Crippen molar-refractivity contribution in [2.24, 2.45) is 0 Å². The molecular weight excluding hydrogens is 1360 g/mol. The summed E-state index contributed by atoms with van der Waals surface area (Å²) in [5.74, 6) is 1.81. The number of rotatable bonds is 23. The minimum Gasteiger partial charge on any atom is -0.495 e. The first-order chi connectivity index (χ1) is 51.5. The molecule has 0 radical (unpaired) electrons. The summed E-state index contributed by atoms with van der Waals surface area (Å²) in [4.78, 5) is 54.8. The normalized spacial score (nSPS) is 13.0. The van der Waals surface area contributed by atoms with E-state index in [0.29, 0.717) is 91.8 Å². The van der Waals surface area contributed by atoms with Gasteiger partial charge in [0.2, 0.25) is 0 Å². The minimum atomic E-state index is -0.524. The highest BCUT2D eigenvalue weighted by Crippen LogP contribution is 2.38. The van der Waals surface area contributed by atoms with Crippen LogP contribution in [0.5, 0.6) is 23.0 Å². The van der Waals surface area contributed by atoms with E-state index in [4.69, 9.17) is 36.6 Å². The maximum Gasteiger partial charge on any atom is 0.255 e. The standard InChI is InChI=1S/C23H21N3O4.C20H17N3O4.C18H17N3O3.C17H16N4O2S/c1-29-22-17(23(28)24-20(13-27)16-5-3-2-4-6-16)8-10-19-21(22)18(25-26-19)9-7-15-11-12-30-14-15;1-25-19-15(20(24)21-11-14-3-2-9-27-14)5-7-17-18(19)16(22-23-17)6-4-13-8-10-26-12-13;1-23-17-13(18(22)19-12-3-4-12)5-7-15-16(17)14(20-21-15)6-2-11-8-9-24-10-11;1-23-16-11(17(22)19-10-2-3-10)4-5-12-15(16)13(21-20-12)6-7-14-18-8-9-24-14/h2-12,14,20,27H,13H2,1H3,(H,24,28)(H,25,26);2-10,12H,11H2,1H3,(H,21,24)(H,22,23);2,5-10,12H,3-4H2,1H3,(H,19,22)(H,20,21);4-10H,2-3H2,1H3,(H,19,22)(H,20,21)/b9-7+;6-4+;6-2+;7-6+/t20-;;;/m1.../s1. The van der Waals surface area contributed by atoms with Crippen molar-refractivity contribution in [3.05, 3.63) is 243 Å². The summed E-state index contributed by atoms with van der Waals surface area (Å²) < 4.78 is 42.7. The molecule has 2 aliphatic rings. The van der Waals surface area contributed by atoms with Gasteiger partial charge in [-0.05, 0) is 159 Å². The van der Waals surface area contributed by atoms with Crippen molar-refractivity contribution in [2.45, 2.75) is 50.4 Å². The van der Waals surface area contributed by atoms with Crippen molar-refractivity contribution in [1.82, 2.24) is 67.0 Å². The zero-order valence-electron chi connectivity index (χ0n) is 57.2. The summed E-state index contributed by atoms with van der Waals surface area (Å²) in [5.41, 5.74) is 11.3. The summed E-state index contributed by atoms with van der Waals surface area (Å²) in [7, 11) is 6.20. The maximum absolute atomic E-state index is 13.0. The highest BCUT2D eigenvalue weighted by molar-refractivity contribution is 7.10. The van der Waals surface area contributed by atoms with Gasteiger partial charge in [-0.3, -0.25) is 39.6 Å². The summed E-state index contributed by atoms with van der Waals surface area (Å²) >= 11 is 1.55. The Morgan fingerprint density at radius 2 is 0.905 bits per heavy atom. The average molecular weight is 1430 g/mol. The number of furan rings is 4. The highest BCUT2D eigenvalue weighted by atomic mass is 32.1. The van der Waals surface area contributed by atoms with Crippen LogP contribution in [0.2, 0.25) is 0 Å². The van der Waals surface area contributed by atoms with Gasteiger partial charge >= 0.3 is 0 Å². The van der Waals surface area contributed by atoms with E-state index >= 15 is 0 Å². The number of aliphatic hydroxyl groups is 1. The third kappa shape index (κ3) is 16.7. The number of H-pyrrole nitrogens is 4. The smallest absolute Gasteiger partial charge is 0.255 e. The third-order valence-electron chi connectivity index (χ3n) is 16.9. The first-order valence-corrected chi connectivity index (χ1v) is 34.1. The molecule has 105 heavy (non-hydrogen) atoms. The van der Waals surface area contributed by atoms with E-state index < -0.39 is 6.04 Å². The van der Waals surface area contributed by atoms with Crippen LogP contribution in [0.1, 0.15) is 129 Å². The number of carbonyl (C=O) groups excluding carboxylic acids is 4. The molecule has 2 saturated carbocycles. The first-order valence-electron chi connectivity index (χ1n) is 33.3. The monoisotopic (exact) mass is 1430 g/mol. The van der Waals surface area contributed by atoms with Crippen molar-refractivity contribution in [1.29, 1.82) is 0 Å². The number of thiazole rings is 1. The zero-order chi connectivity index (χ0) is 72.6. The van der Waals surface area contributed by atoms with Gasteiger partial charge < -0.3 is 63.0 Å². The van der Waals surface area contributed by atoms with E-state index in [2.05, 4.69) is 67.0 Å². The van der Waals surface area contributed by atoms with Crippen LogP contribution in [0.3, 0.4) is 0 Å². The van der Waals surface area contributed by atoms with Crippen LogP contribution in [0.4, 0.5) is 0 Å². The van der Waals surface area contributed by atoms with Crippen LogP contribution in [0.15, 0.2) is 182 Å². The van der Waals surface area contributed by atoms with Gasteiger partial charge in [0.1, 0.15) is 33.8 Å². The molecule has 1 atom stereocenters. The quantitative estimate of drug-likeness (QED) is 0.0287. The number of nitrogens with one attached hydrogen (secondary N) is 8. The number of aromatic amines is 4. The molecule has 0 spiro atoms. The van der Waals surface area contributed by atoms with Crippen LogP contribution in [0.25, 0.3) is 92.2 Å². The number of hydrogen-bond acceptors (Lipinski definition) is 19. The van der Waals surface area contributed by atoms with Crippen LogP contribution >= 0.6 is 11.3 Å². The van der Waals surface area contributed by atoms with Crippen LogP contribution < -0.4 is 40.2 Å². The lowest BCUT2D eigenvalue weighted by molar-refractivity contribution is 0.0910. The highest BCUT2D eigenvalue weighted by Gasteiger charge is 2.29. The Morgan fingerprint density at radius 3 is 1.26 bits per heavy atom. The Labute approximate surface area is 603 Å². The fourth-order valence-corrected chi connectivity index (χ4v) is 11.9. The van der Waals surface area contributed by atoms with Crippen molar-refractivity contribution < 1.29 is 60.9 Å². The topological polar surface area (TPSA) is 354 Å². The van der Waals surface area contributed by atoms with Gasteiger partial charge in [-0.1, -0.05) is 30.3 Å². The molecule has 5 aromatic carbocycles. The Balaban J connectivity index is 0.000000125. The number of carbonyl (C=O) groups is 4. The summed E-state index contributed by atoms with van der Waals surface area (Å²) in [6.45, 7) is 0.0797. The molecule has 2 fully saturated rings. The Bertz CT molecular complexity index is 5240. The second-order valence-corrected chi connectivity index (χ2v) is 24.9. The second-order valence-electron chi connectivity index (χ2n) is 24.0. The number of fused-ring (bicyclic) bond motifs is 4. The predicted molar refractivity (Wildman–Crippen MR) is 399 cm³/mol. The molecule has 0 bridgehead atoms. The largest absolute Gasteiger partial charge is 0.495 e. The number of methoxy groups -OCH3 is 4. The van der Waals surface area contributed by atoms with Crippen molar-refractivity contribution in [3.63, 3.8) is 0 Å². The molecule has 0 unspecified atom stereocenters. The van der Waals surface area contributed by atoms with E-state index in [1.807, 2.05) is 115 Å². The van der Waals surface area contributed by atoms with Crippen LogP contribution in [-0.2, 0) is 6.54 Å². The lowest BCUT2D eigenvalue weighted by Crippen LogP contribution is -2.31. The average Bonchev–Trinajstić information content (AvgIpc) is 1.69. The van der Waals surface area contributed by atoms with Crippen molar-refractivity contribution in [2.75, 3.05) is 35.0 Å². The van der Waals surface area contributed by atoms with E-state index in [0.717, 1.165) is 97.2 Å². The molecule has 14 aromatic rings. The van der Waals surface area contributed by atoms with Gasteiger partial charge in [0.25, 0.3) is 23.6 Å². The van der Waals surface area contributed by atoms with Gasteiger partial charge in [0.05, 0.1) is 180 Å². The van der Waals surface area contributed by atoms with Gasteiger partial charge in [0, 0.05) is 40.4 Å². The Hall–Kier alpha value is -13.3. The molecule has 0 aliphatic heterocycles. The predicted octanol–water partition coefficient (Wildman–Crippen LogP) is 14.0. The minimum absolute atomic E-state index is 0.104. The number of hydrogen-bond donors (Lipinski definition) is 9. The number of nitrogens with zero attached hydrogens (tertiary/aromatic N) is 5. The molecule has 2 aliphatic carbocycles. The molecular formula is C78H71N13O13S. The third-order valence-corrected chi connectivity index (χ3v) is 17.7. The fourth-order valence-electron chi connectivity index (χ4n) is 11.4. The van der Waals surface area contributed by atoms with Crippen LogP contribution in [-0.4, -0.2) is 122 Å². The molecule has 27 heteroatoms. The molecule has 9 aromatic heterocycles. The Kier molecular flexibility index (Phi) is 22.1. The molecule has 9 heterocycles. The zero-order valence-corrected chi connectivity index (χ0v) is 58.0. The lowest BCUT2D eigenvalue weighted by Gasteiger charge is -2.18. The summed E-state index contributed by atoms with van der Waals surface area (Å²) in [6, 6.07) is 32.6. The van der Waals surface area contributed by atoms with Gasteiger partial charge in [-0.15, -0.1) is 11.3 Å². The number of aliphatic hydroxyl groups excluding tert-OH is 1. The van der Waals surface area contributed by atoms with E-state index in [1.54, 1.807) is 124 Å². The van der Waals surface area contributed by atoms with Crippen molar-refractivity contribution in [3.8, 4) is 23.0 Å². The number of ether oxygens (including phenoxy) is 4. The number of benzene rings is 5. The molecule has 532 valence electrons. The molecule has 0 saturated heterocycles. The molecule has 26 nitrogen and oxygen atoms in total. The van der Waals surface area contributed by atoms with Gasteiger partial charge in [-0.25, -0.2) is 4.98 Å². The lowest BCUT2D eigenvalue weighted by atomic mass is 10.0. The summed E-state index contributed by atoms with van der Waals surface area (Å²) in [5, 5.41) is 56.4.